The molecule has 0 aromatic heterocycles. The second-order valence-corrected chi connectivity index (χ2v) is 6.32. The molecule has 2 saturated carbocycles. The van der Waals surface area contributed by atoms with Crippen LogP contribution >= 0.6 is 0 Å². The van der Waals surface area contributed by atoms with Crippen molar-refractivity contribution in [2.24, 2.45) is 11.3 Å². The van der Waals surface area contributed by atoms with Crippen LogP contribution in [0.1, 0.15) is 45.4 Å². The predicted octanol–water partition coefficient (Wildman–Crippen LogP) is 2.08. The lowest BCUT2D eigenvalue weighted by Crippen LogP contribution is -2.58. The van der Waals surface area contributed by atoms with Gasteiger partial charge in [0, 0.05) is 18.3 Å². The van der Waals surface area contributed by atoms with Gasteiger partial charge in [-0.3, -0.25) is 0 Å². The van der Waals surface area contributed by atoms with Crippen LogP contribution in [0, 0.1) is 23.7 Å². The van der Waals surface area contributed by atoms with Gasteiger partial charge in [0.2, 0.25) is 0 Å². The zero-order valence-electron chi connectivity index (χ0n) is 11.1. The van der Waals surface area contributed by atoms with E-state index in [2.05, 4.69) is 12.8 Å². The molecule has 0 aromatic rings. The van der Waals surface area contributed by atoms with Crippen molar-refractivity contribution in [3.8, 4) is 12.3 Å². The molecular weight excluding hydrogens is 228 g/mol. The van der Waals surface area contributed by atoms with Crippen molar-refractivity contribution in [3.63, 3.8) is 0 Å². The molecule has 1 heterocycles. The van der Waals surface area contributed by atoms with Gasteiger partial charge in [-0.05, 0) is 31.6 Å². The summed E-state index contributed by atoms with van der Waals surface area (Å²) in [5, 5.41) is 10.7. The number of hydrogen-bond donors (Lipinski definition) is 1. The predicted molar refractivity (Wildman–Crippen MR) is 67.7 cm³/mol. The number of aliphatic hydroxyl groups is 1. The van der Waals surface area contributed by atoms with Gasteiger partial charge in [0.15, 0.2) is 5.79 Å². The van der Waals surface area contributed by atoms with Gasteiger partial charge in [-0.25, -0.2) is 0 Å². The van der Waals surface area contributed by atoms with Crippen molar-refractivity contribution >= 4 is 0 Å². The van der Waals surface area contributed by atoms with Gasteiger partial charge in [-0.1, -0.05) is 12.8 Å². The van der Waals surface area contributed by atoms with Gasteiger partial charge in [-0.15, -0.1) is 6.42 Å². The van der Waals surface area contributed by atoms with Crippen molar-refractivity contribution in [1.29, 1.82) is 0 Å². The third-order valence-electron chi connectivity index (χ3n) is 5.57. The molecule has 0 aromatic carbocycles. The molecule has 1 N–H and O–H groups in total. The van der Waals surface area contributed by atoms with E-state index >= 15 is 0 Å². The summed E-state index contributed by atoms with van der Waals surface area (Å²) in [5.41, 5.74) is -1.13. The van der Waals surface area contributed by atoms with Gasteiger partial charge >= 0.3 is 0 Å². The Morgan fingerprint density at radius 3 is 2.61 bits per heavy atom. The summed E-state index contributed by atoms with van der Waals surface area (Å²) in [7, 11) is 0. The molecule has 100 valence electrons. The number of terminal acetylenes is 1. The summed E-state index contributed by atoms with van der Waals surface area (Å²) < 4.78 is 11.6. The highest BCUT2D eigenvalue weighted by molar-refractivity contribution is 5.20. The van der Waals surface area contributed by atoms with Crippen LogP contribution < -0.4 is 0 Å². The molecule has 0 radical (unpaired) electrons. The van der Waals surface area contributed by atoms with Crippen molar-refractivity contribution < 1.29 is 14.6 Å². The average Bonchev–Trinajstić information content (AvgIpc) is 2.81. The van der Waals surface area contributed by atoms with Gasteiger partial charge in [0.05, 0.1) is 13.2 Å². The Bertz CT molecular complexity index is 380. The summed E-state index contributed by atoms with van der Waals surface area (Å²) in [5.74, 6) is 2.70. The first-order valence-corrected chi connectivity index (χ1v) is 7.02. The molecule has 0 amide bonds. The first-order valence-electron chi connectivity index (χ1n) is 7.02. The molecule has 1 spiro atoms. The Kier molecular flexibility index (Phi) is 2.75. The SMILES string of the molecule is C#CC1(O)CCCC2CC3(CC[C@@]21C)OCCO3. The number of rotatable bonds is 0. The highest BCUT2D eigenvalue weighted by Gasteiger charge is 2.59. The second-order valence-electron chi connectivity index (χ2n) is 6.32. The van der Waals surface area contributed by atoms with Crippen LogP contribution in [0.5, 0.6) is 0 Å². The standard InChI is InChI=1S/C15H22O3/c1-3-14(16)6-4-5-12-11-15(17-9-10-18-15)8-7-13(12,14)2/h1,12,16H,4-11H2,2H3/t12?,13-,14?/m0/s1. The molecule has 3 fully saturated rings. The monoisotopic (exact) mass is 250 g/mol. The first-order chi connectivity index (χ1) is 8.54. The molecule has 1 saturated heterocycles. The summed E-state index contributed by atoms with van der Waals surface area (Å²) >= 11 is 0. The molecule has 3 aliphatic rings. The summed E-state index contributed by atoms with van der Waals surface area (Å²) in [4.78, 5) is 0. The topological polar surface area (TPSA) is 38.7 Å². The van der Waals surface area contributed by atoms with Crippen LogP contribution in [0.4, 0.5) is 0 Å². The van der Waals surface area contributed by atoms with Crippen LogP contribution in [0.25, 0.3) is 0 Å². The normalized spacial score (nSPS) is 46.6. The third kappa shape index (κ3) is 1.56. The maximum absolute atomic E-state index is 10.7. The first kappa shape index (κ1) is 12.5. The van der Waals surface area contributed by atoms with E-state index in [1.807, 2.05) is 0 Å². The minimum absolute atomic E-state index is 0.180. The lowest BCUT2D eigenvalue weighted by atomic mass is 9.52. The summed E-state index contributed by atoms with van der Waals surface area (Å²) in [6, 6.07) is 0. The Hall–Kier alpha value is -0.560. The van der Waals surface area contributed by atoms with Crippen LogP contribution in [-0.4, -0.2) is 29.7 Å². The van der Waals surface area contributed by atoms with E-state index < -0.39 is 5.60 Å². The fourth-order valence-corrected chi connectivity index (χ4v) is 4.21. The Labute approximate surface area is 109 Å². The number of fused-ring (bicyclic) bond motifs is 1. The zero-order chi connectivity index (χ0) is 12.9. The van der Waals surface area contributed by atoms with Crippen LogP contribution in [-0.2, 0) is 9.47 Å². The third-order valence-corrected chi connectivity index (χ3v) is 5.57. The van der Waals surface area contributed by atoms with E-state index in [0.717, 1.165) is 38.5 Å². The van der Waals surface area contributed by atoms with Gasteiger partial charge < -0.3 is 14.6 Å². The summed E-state index contributed by atoms with van der Waals surface area (Å²) in [6.07, 6.45) is 11.1. The lowest BCUT2D eigenvalue weighted by Gasteiger charge is -2.56. The van der Waals surface area contributed by atoms with Crippen LogP contribution in [0.15, 0.2) is 0 Å². The molecule has 0 bridgehead atoms. The second kappa shape index (κ2) is 3.96. The number of ether oxygens (including phenoxy) is 2. The molecule has 18 heavy (non-hydrogen) atoms. The van der Waals surface area contributed by atoms with Gasteiger partial charge in [0.1, 0.15) is 5.60 Å². The maximum Gasteiger partial charge on any atom is 0.168 e. The lowest BCUT2D eigenvalue weighted by molar-refractivity contribution is -0.233. The molecule has 1 aliphatic heterocycles. The van der Waals surface area contributed by atoms with E-state index in [-0.39, 0.29) is 11.2 Å². The summed E-state index contributed by atoms with van der Waals surface area (Å²) in [6.45, 7) is 3.55. The Morgan fingerprint density at radius 2 is 1.94 bits per heavy atom. The molecule has 2 aliphatic carbocycles. The highest BCUT2D eigenvalue weighted by atomic mass is 16.7. The molecule has 3 nitrogen and oxygen atoms in total. The quantitative estimate of drug-likeness (QED) is 0.669. The highest BCUT2D eigenvalue weighted by Crippen LogP contribution is 2.58. The van der Waals surface area contributed by atoms with E-state index in [0.29, 0.717) is 19.1 Å². The number of hydrogen-bond acceptors (Lipinski definition) is 3. The van der Waals surface area contributed by atoms with E-state index in [1.165, 1.54) is 0 Å². The molecule has 3 rings (SSSR count). The largest absolute Gasteiger partial charge is 0.377 e. The van der Waals surface area contributed by atoms with E-state index in [1.54, 1.807) is 0 Å². The molecule has 2 unspecified atom stereocenters. The molecule has 3 atom stereocenters. The van der Waals surface area contributed by atoms with Crippen LogP contribution in [0.2, 0.25) is 0 Å². The molecular formula is C15H22O3. The molecule has 3 heteroatoms. The van der Waals surface area contributed by atoms with Gasteiger partial charge in [-0.2, -0.15) is 0 Å². The maximum atomic E-state index is 10.7. The van der Waals surface area contributed by atoms with Crippen molar-refractivity contribution in [1.82, 2.24) is 0 Å². The van der Waals surface area contributed by atoms with Gasteiger partial charge in [0.25, 0.3) is 0 Å². The fraction of sp³-hybridized carbons (Fsp3) is 0.867. The van der Waals surface area contributed by atoms with Crippen molar-refractivity contribution in [3.05, 3.63) is 0 Å². The Morgan fingerprint density at radius 1 is 1.22 bits per heavy atom. The Balaban J connectivity index is 1.87. The van der Waals surface area contributed by atoms with E-state index in [9.17, 15) is 5.11 Å². The smallest absolute Gasteiger partial charge is 0.168 e. The van der Waals surface area contributed by atoms with Crippen molar-refractivity contribution in [2.45, 2.75) is 56.8 Å². The minimum atomic E-state index is -0.948. The zero-order valence-corrected chi connectivity index (χ0v) is 11.1. The van der Waals surface area contributed by atoms with Crippen LogP contribution in [0.3, 0.4) is 0 Å². The van der Waals surface area contributed by atoms with Crippen molar-refractivity contribution in [2.75, 3.05) is 13.2 Å². The fourth-order valence-electron chi connectivity index (χ4n) is 4.21. The minimum Gasteiger partial charge on any atom is -0.377 e. The average molecular weight is 250 g/mol. The van der Waals surface area contributed by atoms with E-state index in [4.69, 9.17) is 15.9 Å².